The van der Waals surface area contributed by atoms with Crippen molar-refractivity contribution in [3.63, 3.8) is 0 Å². The van der Waals surface area contributed by atoms with Gasteiger partial charge in [-0.3, -0.25) is 14.3 Å². The van der Waals surface area contributed by atoms with E-state index in [1.54, 1.807) is 31.3 Å². The second-order valence-electron chi connectivity index (χ2n) is 4.18. The number of nitrogens with one attached hydrogen (secondary N) is 2. The lowest BCUT2D eigenvalue weighted by atomic mass is 10.2. The molecular formula is C13H13ClN4O2. The molecule has 104 valence electrons. The number of benzene rings is 1. The Kier molecular flexibility index (Phi) is 4.05. The van der Waals surface area contributed by atoms with Gasteiger partial charge in [-0.1, -0.05) is 11.6 Å². The molecule has 0 radical (unpaired) electrons. The van der Waals surface area contributed by atoms with Gasteiger partial charge in [0.15, 0.2) is 0 Å². The standard InChI is InChI=1S/C13H13ClN4O2/c1-8(19)16-9-3-5-10(6-4-9)17-13(20)12-11(14)7-15-18(12)2/h3-7H,1-2H3,(H,16,19)(H,17,20). The largest absolute Gasteiger partial charge is 0.326 e. The molecule has 0 spiro atoms. The number of anilines is 2. The van der Waals surface area contributed by atoms with E-state index in [0.717, 1.165) is 0 Å². The molecule has 20 heavy (non-hydrogen) atoms. The number of carbonyl (C=O) groups is 2. The zero-order chi connectivity index (χ0) is 14.7. The number of aryl methyl sites for hydroxylation is 1. The summed E-state index contributed by atoms with van der Waals surface area (Å²) in [6, 6.07) is 6.77. The van der Waals surface area contributed by atoms with Crippen LogP contribution in [0.2, 0.25) is 5.02 Å². The highest BCUT2D eigenvalue weighted by Crippen LogP contribution is 2.18. The predicted molar refractivity (Wildman–Crippen MR) is 76.9 cm³/mol. The number of halogens is 1. The topological polar surface area (TPSA) is 76.0 Å². The maximum Gasteiger partial charge on any atom is 0.275 e. The molecule has 0 bridgehead atoms. The highest BCUT2D eigenvalue weighted by molar-refractivity contribution is 6.34. The van der Waals surface area contributed by atoms with Crippen LogP contribution in [0.15, 0.2) is 30.5 Å². The number of rotatable bonds is 3. The summed E-state index contributed by atoms with van der Waals surface area (Å²) < 4.78 is 1.41. The SMILES string of the molecule is CC(=O)Nc1ccc(NC(=O)c2c(Cl)cnn2C)cc1. The Morgan fingerprint density at radius 1 is 1.15 bits per heavy atom. The number of amides is 2. The summed E-state index contributed by atoms with van der Waals surface area (Å²) >= 11 is 5.90. The van der Waals surface area contributed by atoms with Gasteiger partial charge < -0.3 is 10.6 Å². The molecule has 1 aromatic carbocycles. The second-order valence-corrected chi connectivity index (χ2v) is 4.58. The monoisotopic (exact) mass is 292 g/mol. The van der Waals surface area contributed by atoms with E-state index in [-0.39, 0.29) is 17.5 Å². The van der Waals surface area contributed by atoms with Crippen molar-refractivity contribution >= 4 is 34.8 Å². The normalized spacial score (nSPS) is 10.2. The lowest BCUT2D eigenvalue weighted by molar-refractivity contribution is -0.114. The van der Waals surface area contributed by atoms with Crippen molar-refractivity contribution in [2.24, 2.45) is 7.05 Å². The first-order valence-corrected chi connectivity index (χ1v) is 6.21. The fourth-order valence-electron chi connectivity index (χ4n) is 1.70. The van der Waals surface area contributed by atoms with E-state index < -0.39 is 0 Å². The van der Waals surface area contributed by atoms with Gasteiger partial charge in [-0.2, -0.15) is 5.10 Å². The lowest BCUT2D eigenvalue weighted by Gasteiger charge is -2.07. The molecule has 2 N–H and O–H groups in total. The number of hydrogen-bond donors (Lipinski definition) is 2. The molecule has 0 aliphatic carbocycles. The summed E-state index contributed by atoms with van der Waals surface area (Å²) in [7, 11) is 1.64. The predicted octanol–water partition coefficient (Wildman–Crippen LogP) is 2.28. The van der Waals surface area contributed by atoms with Crippen LogP contribution >= 0.6 is 11.6 Å². The zero-order valence-electron chi connectivity index (χ0n) is 11.0. The molecule has 0 saturated heterocycles. The first-order valence-electron chi connectivity index (χ1n) is 5.84. The van der Waals surface area contributed by atoms with Gasteiger partial charge in [0.2, 0.25) is 5.91 Å². The molecule has 0 aliphatic rings. The van der Waals surface area contributed by atoms with Crippen LogP contribution in [0.25, 0.3) is 0 Å². The van der Waals surface area contributed by atoms with Crippen molar-refractivity contribution in [2.75, 3.05) is 10.6 Å². The van der Waals surface area contributed by atoms with Crippen LogP contribution in [0.1, 0.15) is 17.4 Å². The molecular weight excluding hydrogens is 280 g/mol. The third kappa shape index (κ3) is 3.16. The van der Waals surface area contributed by atoms with Crippen molar-refractivity contribution in [1.29, 1.82) is 0 Å². The van der Waals surface area contributed by atoms with Crippen LogP contribution in [0.4, 0.5) is 11.4 Å². The lowest BCUT2D eigenvalue weighted by Crippen LogP contribution is -2.16. The molecule has 2 rings (SSSR count). The molecule has 0 unspecified atom stereocenters. The Labute approximate surface area is 120 Å². The Hall–Kier alpha value is -2.34. The van der Waals surface area contributed by atoms with Gasteiger partial charge >= 0.3 is 0 Å². The molecule has 6 nitrogen and oxygen atoms in total. The van der Waals surface area contributed by atoms with E-state index in [9.17, 15) is 9.59 Å². The second kappa shape index (κ2) is 5.75. The number of hydrogen-bond acceptors (Lipinski definition) is 3. The summed E-state index contributed by atoms with van der Waals surface area (Å²) in [6.45, 7) is 1.43. The van der Waals surface area contributed by atoms with Gasteiger partial charge in [-0.25, -0.2) is 0 Å². The number of carbonyl (C=O) groups excluding carboxylic acids is 2. The van der Waals surface area contributed by atoms with Gasteiger partial charge in [-0.05, 0) is 24.3 Å². The minimum atomic E-state index is -0.345. The summed E-state index contributed by atoms with van der Waals surface area (Å²) in [5.41, 5.74) is 1.55. The van der Waals surface area contributed by atoms with Crippen LogP contribution in [-0.2, 0) is 11.8 Å². The molecule has 1 heterocycles. The molecule has 0 fully saturated rings. The van der Waals surface area contributed by atoms with Gasteiger partial charge in [-0.15, -0.1) is 0 Å². The molecule has 7 heteroatoms. The van der Waals surface area contributed by atoms with E-state index in [1.165, 1.54) is 17.8 Å². The van der Waals surface area contributed by atoms with Crippen LogP contribution < -0.4 is 10.6 Å². The average Bonchev–Trinajstić information content (AvgIpc) is 2.71. The summed E-state index contributed by atoms with van der Waals surface area (Å²) in [5, 5.41) is 9.55. The number of aromatic nitrogens is 2. The van der Waals surface area contributed by atoms with Gasteiger partial charge in [0.25, 0.3) is 5.91 Å². The van der Waals surface area contributed by atoms with Crippen molar-refractivity contribution in [2.45, 2.75) is 6.92 Å². The Balaban J connectivity index is 2.10. The average molecular weight is 293 g/mol. The first-order chi connectivity index (χ1) is 9.47. The molecule has 1 aromatic heterocycles. The van der Waals surface area contributed by atoms with E-state index in [2.05, 4.69) is 15.7 Å². The molecule has 0 aliphatic heterocycles. The summed E-state index contributed by atoms with van der Waals surface area (Å²) in [4.78, 5) is 23.0. The van der Waals surface area contributed by atoms with Gasteiger partial charge in [0, 0.05) is 25.3 Å². The van der Waals surface area contributed by atoms with Crippen LogP contribution in [0, 0.1) is 0 Å². The van der Waals surface area contributed by atoms with E-state index >= 15 is 0 Å². The van der Waals surface area contributed by atoms with Crippen LogP contribution in [0.3, 0.4) is 0 Å². The first kappa shape index (κ1) is 14.1. The van der Waals surface area contributed by atoms with E-state index in [4.69, 9.17) is 11.6 Å². The third-order valence-electron chi connectivity index (χ3n) is 2.57. The zero-order valence-corrected chi connectivity index (χ0v) is 11.7. The fourth-order valence-corrected chi connectivity index (χ4v) is 1.95. The van der Waals surface area contributed by atoms with Crippen LogP contribution in [0.5, 0.6) is 0 Å². The van der Waals surface area contributed by atoms with E-state index in [1.807, 2.05) is 0 Å². The van der Waals surface area contributed by atoms with Crippen molar-refractivity contribution in [3.8, 4) is 0 Å². The smallest absolute Gasteiger partial charge is 0.275 e. The third-order valence-corrected chi connectivity index (χ3v) is 2.85. The Bertz CT molecular complexity index is 629. The van der Waals surface area contributed by atoms with Crippen molar-refractivity contribution in [3.05, 3.63) is 41.2 Å². The summed E-state index contributed by atoms with van der Waals surface area (Å²) in [6.07, 6.45) is 1.41. The fraction of sp³-hybridized carbons (Fsp3) is 0.154. The quantitative estimate of drug-likeness (QED) is 0.911. The minimum absolute atomic E-state index is 0.150. The molecule has 0 saturated carbocycles. The maximum absolute atomic E-state index is 12.1. The van der Waals surface area contributed by atoms with Crippen LogP contribution in [-0.4, -0.2) is 21.6 Å². The Morgan fingerprint density at radius 3 is 2.15 bits per heavy atom. The number of nitrogens with zero attached hydrogens (tertiary/aromatic N) is 2. The highest BCUT2D eigenvalue weighted by atomic mass is 35.5. The Morgan fingerprint density at radius 2 is 1.70 bits per heavy atom. The van der Waals surface area contributed by atoms with Gasteiger partial charge in [0.05, 0.1) is 11.2 Å². The van der Waals surface area contributed by atoms with Crippen molar-refractivity contribution < 1.29 is 9.59 Å². The van der Waals surface area contributed by atoms with E-state index in [0.29, 0.717) is 16.4 Å². The molecule has 2 amide bonds. The summed E-state index contributed by atoms with van der Waals surface area (Å²) in [5.74, 6) is -0.495. The molecule has 0 atom stereocenters. The minimum Gasteiger partial charge on any atom is -0.326 e. The highest BCUT2D eigenvalue weighted by Gasteiger charge is 2.15. The maximum atomic E-state index is 12.1. The van der Waals surface area contributed by atoms with Gasteiger partial charge in [0.1, 0.15) is 5.69 Å². The molecule has 2 aromatic rings. The van der Waals surface area contributed by atoms with Crippen molar-refractivity contribution in [1.82, 2.24) is 9.78 Å².